The quantitative estimate of drug-likeness (QED) is 0.655. The number of hydrogen-bond acceptors (Lipinski definition) is 4. The molecule has 0 bridgehead atoms. The average molecular weight is 307 g/mol. The molecule has 0 saturated heterocycles. The molecule has 0 aromatic carbocycles. The molecule has 1 saturated carbocycles. The number of alkyl halides is 3. The molecule has 2 rings (SSSR count). The Balaban J connectivity index is 2.11. The number of aromatic nitrogens is 1. The lowest BCUT2D eigenvalue weighted by atomic mass is 9.85. The van der Waals surface area contributed by atoms with Crippen molar-refractivity contribution in [3.05, 3.63) is 16.1 Å². The van der Waals surface area contributed by atoms with Gasteiger partial charge in [0.05, 0.1) is 6.04 Å². The Kier molecular flexibility index (Phi) is 5.40. The van der Waals surface area contributed by atoms with E-state index >= 15 is 0 Å². The van der Waals surface area contributed by atoms with Gasteiger partial charge in [-0.3, -0.25) is 11.3 Å². The van der Waals surface area contributed by atoms with Crippen molar-refractivity contribution in [2.45, 2.75) is 57.2 Å². The van der Waals surface area contributed by atoms with Gasteiger partial charge in [0.15, 0.2) is 5.01 Å². The van der Waals surface area contributed by atoms with Crippen LogP contribution in [0.25, 0.3) is 0 Å². The van der Waals surface area contributed by atoms with Gasteiger partial charge < -0.3 is 0 Å². The maximum absolute atomic E-state index is 12.6. The molecule has 1 fully saturated rings. The van der Waals surface area contributed by atoms with Gasteiger partial charge in [0.25, 0.3) is 0 Å². The number of hydrazine groups is 1. The fraction of sp³-hybridized carbons (Fsp3) is 0.769. The smallest absolute Gasteiger partial charge is 0.271 e. The molecule has 0 radical (unpaired) electrons. The van der Waals surface area contributed by atoms with Crippen molar-refractivity contribution in [2.75, 3.05) is 0 Å². The Morgan fingerprint density at radius 3 is 2.30 bits per heavy atom. The van der Waals surface area contributed by atoms with Gasteiger partial charge in [-0.1, -0.05) is 32.1 Å². The molecule has 0 spiro atoms. The second kappa shape index (κ2) is 6.87. The van der Waals surface area contributed by atoms with Gasteiger partial charge >= 0.3 is 6.18 Å². The minimum Gasteiger partial charge on any atom is -0.271 e. The first-order chi connectivity index (χ1) is 9.52. The number of nitrogens with one attached hydrogen (secondary N) is 1. The van der Waals surface area contributed by atoms with Gasteiger partial charge in [0.1, 0.15) is 0 Å². The minimum absolute atomic E-state index is 0.221. The van der Waals surface area contributed by atoms with Crippen LogP contribution in [-0.2, 0) is 6.18 Å². The number of thiazole rings is 1. The Morgan fingerprint density at radius 1 is 1.20 bits per heavy atom. The predicted octanol–water partition coefficient (Wildman–Crippen LogP) is 4.03. The first-order valence-corrected chi connectivity index (χ1v) is 7.83. The minimum atomic E-state index is -4.37. The Labute approximate surface area is 120 Å². The molecule has 1 aliphatic rings. The molecule has 1 aliphatic carbocycles. The third kappa shape index (κ3) is 3.93. The molecule has 0 amide bonds. The van der Waals surface area contributed by atoms with Crippen LogP contribution >= 0.6 is 11.3 Å². The molecule has 114 valence electrons. The summed E-state index contributed by atoms with van der Waals surface area (Å²) in [6.07, 6.45) is 4.85. The standard InChI is InChI=1S/C13H20F3N3S/c14-13(15,16)12-18-8-10(20-12)11(19-17)9-6-4-2-1-3-5-7-9/h8-9,11,19H,1-7,17H2. The molecule has 1 aromatic heterocycles. The van der Waals surface area contributed by atoms with Crippen LogP contribution in [0.5, 0.6) is 0 Å². The van der Waals surface area contributed by atoms with E-state index in [1.807, 2.05) is 0 Å². The summed E-state index contributed by atoms with van der Waals surface area (Å²) in [7, 11) is 0. The van der Waals surface area contributed by atoms with Crippen LogP contribution in [0.3, 0.4) is 0 Å². The van der Waals surface area contributed by atoms with E-state index in [0.717, 1.165) is 25.7 Å². The fourth-order valence-electron chi connectivity index (χ4n) is 2.83. The van der Waals surface area contributed by atoms with E-state index < -0.39 is 11.2 Å². The SMILES string of the molecule is NNC(c1cnc(C(F)(F)F)s1)C1CCCCCCC1. The summed E-state index contributed by atoms with van der Waals surface area (Å²) in [5, 5.41) is -0.793. The van der Waals surface area contributed by atoms with Crippen molar-refractivity contribution in [3.63, 3.8) is 0 Å². The molecule has 1 atom stereocenters. The van der Waals surface area contributed by atoms with E-state index in [1.54, 1.807) is 0 Å². The van der Waals surface area contributed by atoms with Crippen molar-refractivity contribution in [3.8, 4) is 0 Å². The first kappa shape index (κ1) is 15.7. The zero-order chi connectivity index (χ0) is 14.6. The first-order valence-electron chi connectivity index (χ1n) is 7.01. The normalized spacial score (nSPS) is 20.4. The van der Waals surface area contributed by atoms with Crippen LogP contribution < -0.4 is 11.3 Å². The van der Waals surface area contributed by atoms with E-state index in [4.69, 9.17) is 5.84 Å². The number of hydrogen-bond donors (Lipinski definition) is 2. The number of nitrogens with zero attached hydrogens (tertiary/aromatic N) is 1. The van der Waals surface area contributed by atoms with E-state index in [1.165, 1.54) is 25.5 Å². The molecule has 1 aromatic rings. The highest BCUT2D eigenvalue weighted by atomic mass is 32.1. The largest absolute Gasteiger partial charge is 0.443 e. The van der Waals surface area contributed by atoms with E-state index in [0.29, 0.717) is 22.1 Å². The van der Waals surface area contributed by atoms with Crippen LogP contribution in [0.2, 0.25) is 0 Å². The van der Waals surface area contributed by atoms with Crippen molar-refractivity contribution in [1.82, 2.24) is 10.4 Å². The molecule has 7 heteroatoms. The Morgan fingerprint density at radius 2 is 1.80 bits per heavy atom. The lowest BCUT2D eigenvalue weighted by Crippen LogP contribution is -2.33. The van der Waals surface area contributed by atoms with Crippen molar-refractivity contribution >= 4 is 11.3 Å². The number of halogens is 3. The second-order valence-electron chi connectivity index (χ2n) is 5.32. The average Bonchev–Trinajstić information content (AvgIpc) is 2.81. The topological polar surface area (TPSA) is 50.9 Å². The number of nitrogens with two attached hydrogens (primary N) is 1. The summed E-state index contributed by atoms with van der Waals surface area (Å²) in [5.74, 6) is 5.89. The van der Waals surface area contributed by atoms with E-state index in [9.17, 15) is 13.2 Å². The van der Waals surface area contributed by atoms with Crippen molar-refractivity contribution in [1.29, 1.82) is 0 Å². The molecule has 1 heterocycles. The van der Waals surface area contributed by atoms with Crippen molar-refractivity contribution < 1.29 is 13.2 Å². The highest BCUT2D eigenvalue weighted by molar-refractivity contribution is 7.11. The van der Waals surface area contributed by atoms with Gasteiger partial charge in [-0.05, 0) is 18.8 Å². The fourth-order valence-corrected chi connectivity index (χ4v) is 3.77. The molecule has 3 N–H and O–H groups in total. The summed E-state index contributed by atoms with van der Waals surface area (Å²) in [4.78, 5) is 4.08. The third-order valence-electron chi connectivity index (χ3n) is 3.87. The molecule has 20 heavy (non-hydrogen) atoms. The maximum Gasteiger partial charge on any atom is 0.443 e. The van der Waals surface area contributed by atoms with Crippen molar-refractivity contribution in [2.24, 2.45) is 11.8 Å². The van der Waals surface area contributed by atoms with E-state index in [-0.39, 0.29) is 6.04 Å². The highest BCUT2D eigenvalue weighted by Crippen LogP contribution is 2.38. The molecule has 0 aliphatic heterocycles. The van der Waals surface area contributed by atoms with Gasteiger partial charge in [0.2, 0.25) is 0 Å². The molecular formula is C13H20F3N3S. The second-order valence-corrected chi connectivity index (χ2v) is 6.38. The van der Waals surface area contributed by atoms with Crippen LogP contribution in [0.4, 0.5) is 13.2 Å². The third-order valence-corrected chi connectivity index (χ3v) is 5.00. The summed E-state index contributed by atoms with van der Waals surface area (Å²) in [5.41, 5.74) is 2.70. The number of rotatable bonds is 3. The molecule has 3 nitrogen and oxygen atoms in total. The van der Waals surface area contributed by atoms with Crippen LogP contribution in [0.15, 0.2) is 6.20 Å². The van der Waals surface area contributed by atoms with Gasteiger partial charge in [0, 0.05) is 11.1 Å². The Hall–Kier alpha value is -0.660. The Bertz CT molecular complexity index is 411. The van der Waals surface area contributed by atoms with Crippen LogP contribution in [-0.4, -0.2) is 4.98 Å². The van der Waals surface area contributed by atoms with Gasteiger partial charge in [-0.15, -0.1) is 11.3 Å². The molecular weight excluding hydrogens is 287 g/mol. The van der Waals surface area contributed by atoms with Gasteiger partial charge in [-0.25, -0.2) is 4.98 Å². The zero-order valence-electron chi connectivity index (χ0n) is 11.2. The predicted molar refractivity (Wildman–Crippen MR) is 73.0 cm³/mol. The lowest BCUT2D eigenvalue weighted by Gasteiger charge is -2.27. The van der Waals surface area contributed by atoms with E-state index in [2.05, 4.69) is 10.4 Å². The zero-order valence-corrected chi connectivity index (χ0v) is 12.1. The van der Waals surface area contributed by atoms with Crippen LogP contribution in [0.1, 0.15) is 60.9 Å². The summed E-state index contributed by atoms with van der Waals surface area (Å²) < 4.78 is 37.9. The van der Waals surface area contributed by atoms with Crippen LogP contribution in [0, 0.1) is 5.92 Å². The molecule has 1 unspecified atom stereocenters. The maximum atomic E-state index is 12.6. The monoisotopic (exact) mass is 307 g/mol. The summed E-state index contributed by atoms with van der Waals surface area (Å²) in [6, 6.07) is -0.221. The summed E-state index contributed by atoms with van der Waals surface area (Å²) >= 11 is 0.700. The van der Waals surface area contributed by atoms with Gasteiger partial charge in [-0.2, -0.15) is 13.2 Å². The highest BCUT2D eigenvalue weighted by Gasteiger charge is 2.36. The lowest BCUT2D eigenvalue weighted by molar-refractivity contribution is -0.137. The summed E-state index contributed by atoms with van der Waals surface area (Å²) in [6.45, 7) is 0.